The van der Waals surface area contributed by atoms with E-state index in [0.717, 1.165) is 5.56 Å². The van der Waals surface area contributed by atoms with Crippen LogP contribution in [0.2, 0.25) is 10.0 Å². The second-order valence-electron chi connectivity index (χ2n) is 4.83. The van der Waals surface area contributed by atoms with Gasteiger partial charge in [0.25, 0.3) is 0 Å². The van der Waals surface area contributed by atoms with Gasteiger partial charge in [-0.3, -0.25) is 9.59 Å². The predicted octanol–water partition coefficient (Wildman–Crippen LogP) is 1.92. The van der Waals surface area contributed by atoms with Crippen molar-refractivity contribution in [1.82, 2.24) is 20.3 Å². The van der Waals surface area contributed by atoms with Crippen molar-refractivity contribution in [2.75, 3.05) is 0 Å². The number of carbonyl (C=O) groups is 2. The first-order chi connectivity index (χ1) is 10.9. The van der Waals surface area contributed by atoms with Crippen molar-refractivity contribution < 1.29 is 14.7 Å². The lowest BCUT2D eigenvalue weighted by Crippen LogP contribution is -2.23. The lowest BCUT2D eigenvalue weighted by molar-refractivity contribution is -0.138. The highest BCUT2D eigenvalue weighted by molar-refractivity contribution is 6.42. The van der Waals surface area contributed by atoms with E-state index in [1.165, 1.54) is 10.9 Å². The zero-order valence-corrected chi connectivity index (χ0v) is 13.5. The number of nitrogens with one attached hydrogen (secondary N) is 1. The first-order valence-electron chi connectivity index (χ1n) is 6.75. The van der Waals surface area contributed by atoms with Crippen molar-refractivity contribution in [3.63, 3.8) is 0 Å². The summed E-state index contributed by atoms with van der Waals surface area (Å²) in [6.45, 7) is -0.0713. The Bertz CT molecular complexity index is 718. The van der Waals surface area contributed by atoms with Gasteiger partial charge < -0.3 is 10.4 Å². The van der Waals surface area contributed by atoms with Gasteiger partial charge in [0.15, 0.2) is 0 Å². The molecular formula is C14H14Cl2N4O3. The number of carbonyl (C=O) groups excluding carboxylic acids is 1. The number of carboxylic acids is 1. The van der Waals surface area contributed by atoms with Gasteiger partial charge in [0.1, 0.15) is 12.2 Å². The molecule has 122 valence electrons. The van der Waals surface area contributed by atoms with Crippen LogP contribution < -0.4 is 5.32 Å². The average molecular weight is 357 g/mol. The lowest BCUT2D eigenvalue weighted by Gasteiger charge is -2.04. The fourth-order valence-electron chi connectivity index (χ4n) is 1.87. The number of carboxylic acid groups (broad SMARTS) is 1. The number of halogens is 2. The molecule has 1 aromatic heterocycles. The van der Waals surface area contributed by atoms with Gasteiger partial charge in [-0.1, -0.05) is 34.5 Å². The molecule has 0 fully saturated rings. The van der Waals surface area contributed by atoms with Crippen LogP contribution in [0.25, 0.3) is 0 Å². The predicted molar refractivity (Wildman–Crippen MR) is 84.3 cm³/mol. The molecule has 2 aromatic rings. The Morgan fingerprint density at radius 3 is 2.74 bits per heavy atom. The van der Waals surface area contributed by atoms with Crippen molar-refractivity contribution in [1.29, 1.82) is 0 Å². The minimum Gasteiger partial charge on any atom is -0.480 e. The van der Waals surface area contributed by atoms with Crippen LogP contribution in [0.15, 0.2) is 24.4 Å². The summed E-state index contributed by atoms with van der Waals surface area (Å²) in [7, 11) is 0. The van der Waals surface area contributed by atoms with E-state index in [1.54, 1.807) is 12.1 Å². The van der Waals surface area contributed by atoms with Gasteiger partial charge in [-0.05, 0) is 24.1 Å². The van der Waals surface area contributed by atoms with E-state index >= 15 is 0 Å². The fourth-order valence-corrected chi connectivity index (χ4v) is 2.19. The molecule has 0 unspecified atom stereocenters. The Balaban J connectivity index is 1.77. The minimum absolute atomic E-state index is 0.149. The quantitative estimate of drug-likeness (QED) is 0.789. The second-order valence-corrected chi connectivity index (χ2v) is 5.64. The number of hydrogen-bond acceptors (Lipinski definition) is 4. The first kappa shape index (κ1) is 17.2. The number of hydrogen-bond donors (Lipinski definition) is 2. The molecule has 0 spiro atoms. The van der Waals surface area contributed by atoms with E-state index in [2.05, 4.69) is 15.6 Å². The second kappa shape index (κ2) is 7.94. The van der Waals surface area contributed by atoms with Gasteiger partial charge in [0, 0.05) is 6.42 Å². The lowest BCUT2D eigenvalue weighted by atomic mass is 10.1. The highest BCUT2D eigenvalue weighted by Gasteiger charge is 2.07. The van der Waals surface area contributed by atoms with Gasteiger partial charge in [0.2, 0.25) is 5.91 Å². The summed E-state index contributed by atoms with van der Waals surface area (Å²) < 4.78 is 1.19. The number of amides is 1. The SMILES string of the molecule is O=C(O)Cn1cc(CNC(=O)CCc2ccc(Cl)c(Cl)c2)nn1. The molecular weight excluding hydrogens is 343 g/mol. The van der Waals surface area contributed by atoms with Crippen molar-refractivity contribution in [3.8, 4) is 0 Å². The van der Waals surface area contributed by atoms with Crippen molar-refractivity contribution >= 4 is 35.1 Å². The van der Waals surface area contributed by atoms with Gasteiger partial charge in [-0.15, -0.1) is 5.10 Å². The molecule has 0 radical (unpaired) electrons. The van der Waals surface area contributed by atoms with Crippen LogP contribution in [-0.2, 0) is 29.1 Å². The number of nitrogens with zero attached hydrogens (tertiary/aromatic N) is 3. The van der Waals surface area contributed by atoms with Crippen molar-refractivity contribution in [3.05, 3.63) is 45.7 Å². The van der Waals surface area contributed by atoms with Gasteiger partial charge >= 0.3 is 5.97 Å². The van der Waals surface area contributed by atoms with Crippen LogP contribution in [-0.4, -0.2) is 32.0 Å². The molecule has 23 heavy (non-hydrogen) atoms. The molecule has 0 atom stereocenters. The van der Waals surface area contributed by atoms with Gasteiger partial charge in [-0.25, -0.2) is 4.68 Å². The van der Waals surface area contributed by atoms with Crippen LogP contribution in [0, 0.1) is 0 Å². The standard InChI is InChI=1S/C14H14Cl2N4O3/c15-11-3-1-9(5-12(11)16)2-4-13(21)17-6-10-7-20(19-18-10)8-14(22)23/h1,3,5,7H,2,4,6,8H2,(H,17,21)(H,22,23). The maximum Gasteiger partial charge on any atom is 0.325 e. The summed E-state index contributed by atoms with van der Waals surface area (Å²) in [4.78, 5) is 22.3. The van der Waals surface area contributed by atoms with Crippen molar-refractivity contribution in [2.45, 2.75) is 25.9 Å². The van der Waals surface area contributed by atoms with Crippen LogP contribution in [0.4, 0.5) is 0 Å². The highest BCUT2D eigenvalue weighted by Crippen LogP contribution is 2.23. The smallest absolute Gasteiger partial charge is 0.325 e. The molecule has 1 aromatic carbocycles. The Morgan fingerprint density at radius 2 is 2.04 bits per heavy atom. The zero-order valence-electron chi connectivity index (χ0n) is 12.0. The summed E-state index contributed by atoms with van der Waals surface area (Å²) in [5.41, 5.74) is 1.41. The third-order valence-corrected chi connectivity index (χ3v) is 3.71. The summed E-state index contributed by atoms with van der Waals surface area (Å²) in [6, 6.07) is 5.24. The fraction of sp³-hybridized carbons (Fsp3) is 0.286. The maximum atomic E-state index is 11.8. The molecule has 0 aliphatic rings. The molecule has 0 aliphatic carbocycles. The molecule has 0 saturated carbocycles. The summed E-state index contributed by atoms with van der Waals surface area (Å²) >= 11 is 11.7. The number of aryl methyl sites for hydroxylation is 1. The van der Waals surface area contributed by atoms with E-state index in [0.29, 0.717) is 28.6 Å². The van der Waals surface area contributed by atoms with Crippen LogP contribution in [0.5, 0.6) is 0 Å². The van der Waals surface area contributed by atoms with Crippen molar-refractivity contribution in [2.24, 2.45) is 0 Å². The average Bonchev–Trinajstić information content (AvgIpc) is 2.93. The summed E-state index contributed by atoms with van der Waals surface area (Å²) in [5.74, 6) is -1.16. The zero-order chi connectivity index (χ0) is 16.8. The Morgan fingerprint density at radius 1 is 1.26 bits per heavy atom. The van der Waals surface area contributed by atoms with Crippen LogP contribution in [0.1, 0.15) is 17.7 Å². The minimum atomic E-state index is -1.01. The summed E-state index contributed by atoms with van der Waals surface area (Å²) in [5, 5.41) is 19.7. The monoisotopic (exact) mass is 356 g/mol. The molecule has 0 aliphatic heterocycles. The number of aromatic nitrogens is 3. The highest BCUT2D eigenvalue weighted by atomic mass is 35.5. The van der Waals surface area contributed by atoms with E-state index < -0.39 is 5.97 Å². The number of rotatable bonds is 7. The Hall–Kier alpha value is -2.12. The molecule has 1 amide bonds. The largest absolute Gasteiger partial charge is 0.480 e. The molecule has 0 saturated heterocycles. The Kier molecular flexibility index (Phi) is 5.95. The van der Waals surface area contributed by atoms with E-state index in [1.807, 2.05) is 6.07 Å². The molecule has 0 bridgehead atoms. The van der Waals surface area contributed by atoms with Crippen LogP contribution >= 0.6 is 23.2 Å². The first-order valence-corrected chi connectivity index (χ1v) is 7.51. The molecule has 7 nitrogen and oxygen atoms in total. The van der Waals surface area contributed by atoms with E-state index in [9.17, 15) is 9.59 Å². The van der Waals surface area contributed by atoms with Gasteiger partial charge in [-0.2, -0.15) is 0 Å². The third-order valence-electron chi connectivity index (χ3n) is 2.97. The molecule has 1 heterocycles. The molecule has 2 N–H and O–H groups in total. The molecule has 9 heteroatoms. The van der Waals surface area contributed by atoms with E-state index in [-0.39, 0.29) is 19.0 Å². The normalized spacial score (nSPS) is 10.5. The Labute approximate surface area is 142 Å². The van der Waals surface area contributed by atoms with E-state index in [4.69, 9.17) is 28.3 Å². The maximum absolute atomic E-state index is 11.8. The number of aliphatic carboxylic acids is 1. The topological polar surface area (TPSA) is 97.1 Å². The van der Waals surface area contributed by atoms with Crippen LogP contribution in [0.3, 0.4) is 0 Å². The third kappa shape index (κ3) is 5.54. The van der Waals surface area contributed by atoms with Gasteiger partial charge in [0.05, 0.1) is 22.8 Å². The molecule has 2 rings (SSSR count). The number of benzene rings is 1. The summed E-state index contributed by atoms with van der Waals surface area (Å²) in [6.07, 6.45) is 2.31.